The lowest BCUT2D eigenvalue weighted by atomic mass is 10.2. The van der Waals surface area contributed by atoms with Gasteiger partial charge in [-0.05, 0) is 48.9 Å². The van der Waals surface area contributed by atoms with Crippen LogP contribution in [-0.4, -0.2) is 15.8 Å². The van der Waals surface area contributed by atoms with Crippen molar-refractivity contribution in [2.24, 2.45) is 0 Å². The Balaban J connectivity index is 1.70. The van der Waals surface area contributed by atoms with E-state index in [1.807, 2.05) is 37.3 Å². The number of carbonyl (C=O) groups is 1. The molecule has 0 aliphatic carbocycles. The highest BCUT2D eigenvalue weighted by atomic mass is 35.5. The van der Waals surface area contributed by atoms with Crippen molar-refractivity contribution < 1.29 is 9.21 Å². The van der Waals surface area contributed by atoms with Crippen LogP contribution in [0.3, 0.4) is 0 Å². The second kappa shape index (κ2) is 6.26. The summed E-state index contributed by atoms with van der Waals surface area (Å²) in [5.74, 6) is 0.644. The Kier molecular flexibility index (Phi) is 3.93. The van der Waals surface area contributed by atoms with Crippen molar-refractivity contribution in [3.8, 4) is 0 Å². The third-order valence-electron chi connectivity index (χ3n) is 4.28. The molecule has 1 amide bonds. The maximum atomic E-state index is 12.8. The minimum Gasteiger partial charge on any atom is -0.467 e. The molecule has 4 rings (SSSR count). The fraction of sp³-hybridized carbons (Fsp3) is 0.158. The molecule has 3 aromatic rings. The van der Waals surface area contributed by atoms with Gasteiger partial charge in [-0.15, -0.1) is 0 Å². The highest BCUT2D eigenvalue weighted by Crippen LogP contribution is 2.34. The summed E-state index contributed by atoms with van der Waals surface area (Å²) in [6.07, 6.45) is 2.91. The Bertz CT molecular complexity index is 924. The van der Waals surface area contributed by atoms with Crippen LogP contribution in [0.2, 0.25) is 5.02 Å². The molecule has 5 nitrogen and oxygen atoms in total. The Labute approximate surface area is 150 Å². The number of aryl methyl sites for hydroxylation is 1. The second-order valence-corrected chi connectivity index (χ2v) is 6.37. The van der Waals surface area contributed by atoms with Crippen LogP contribution < -0.4 is 5.32 Å². The molecule has 1 atom stereocenters. The quantitative estimate of drug-likeness (QED) is 0.755. The number of benzene rings is 1. The van der Waals surface area contributed by atoms with E-state index in [1.54, 1.807) is 29.5 Å². The molecule has 6 heteroatoms. The number of carbonyl (C=O) groups excluding carboxylic acids is 1. The van der Waals surface area contributed by atoms with Gasteiger partial charge in [0.05, 0.1) is 24.1 Å². The summed E-state index contributed by atoms with van der Waals surface area (Å²) in [4.78, 5) is 19.0. The van der Waals surface area contributed by atoms with Crippen LogP contribution in [0.5, 0.6) is 0 Å². The molecule has 3 heterocycles. The molecule has 0 fully saturated rings. The van der Waals surface area contributed by atoms with Crippen molar-refractivity contribution in [1.29, 1.82) is 0 Å². The SMILES string of the molecule is Cc1ccc(N[C@H]2c3ncccc3C(=O)N2Cc2ccco2)cc1Cl. The predicted molar refractivity (Wildman–Crippen MR) is 95.4 cm³/mol. The van der Waals surface area contributed by atoms with Gasteiger partial charge in [-0.1, -0.05) is 17.7 Å². The second-order valence-electron chi connectivity index (χ2n) is 5.96. The minimum absolute atomic E-state index is 0.0739. The average molecular weight is 354 g/mol. The van der Waals surface area contributed by atoms with Gasteiger partial charge in [0.25, 0.3) is 5.91 Å². The standard InChI is InChI=1S/C19H16ClN3O2/c1-12-6-7-13(10-16(12)20)22-18-17-15(5-2-8-21-17)19(24)23(18)11-14-4-3-9-25-14/h2-10,18,22H,11H2,1H3/t18-/m1/s1. The molecule has 0 saturated carbocycles. The molecular formula is C19H16ClN3O2. The van der Waals surface area contributed by atoms with E-state index in [0.29, 0.717) is 22.8 Å². The van der Waals surface area contributed by atoms with Gasteiger partial charge in [0.15, 0.2) is 0 Å². The van der Waals surface area contributed by atoms with Gasteiger partial charge in [-0.2, -0.15) is 0 Å². The summed E-state index contributed by atoms with van der Waals surface area (Å²) in [6.45, 7) is 2.31. The number of anilines is 1. The first-order valence-electron chi connectivity index (χ1n) is 7.94. The summed E-state index contributed by atoms with van der Waals surface area (Å²) in [7, 11) is 0. The number of furan rings is 1. The third-order valence-corrected chi connectivity index (χ3v) is 4.69. The first kappa shape index (κ1) is 15.7. The van der Waals surface area contributed by atoms with E-state index in [4.69, 9.17) is 16.0 Å². The Hall–Kier alpha value is -2.79. The summed E-state index contributed by atoms with van der Waals surface area (Å²) in [5, 5.41) is 4.05. The van der Waals surface area contributed by atoms with E-state index in [0.717, 1.165) is 17.0 Å². The number of nitrogens with one attached hydrogen (secondary N) is 1. The first-order chi connectivity index (χ1) is 12.1. The van der Waals surface area contributed by atoms with Gasteiger partial charge in [-0.3, -0.25) is 9.78 Å². The van der Waals surface area contributed by atoms with Gasteiger partial charge in [0.2, 0.25) is 0 Å². The molecule has 0 spiro atoms. The Morgan fingerprint density at radius 3 is 2.92 bits per heavy atom. The van der Waals surface area contributed by atoms with Crippen molar-refractivity contribution in [3.63, 3.8) is 0 Å². The van der Waals surface area contributed by atoms with Gasteiger partial charge < -0.3 is 14.6 Å². The minimum atomic E-state index is -0.382. The van der Waals surface area contributed by atoms with Crippen molar-refractivity contribution in [2.45, 2.75) is 19.6 Å². The summed E-state index contributed by atoms with van der Waals surface area (Å²) in [5.41, 5.74) is 3.14. The van der Waals surface area contributed by atoms with E-state index in [9.17, 15) is 4.79 Å². The fourth-order valence-electron chi connectivity index (χ4n) is 2.96. The van der Waals surface area contributed by atoms with Crippen LogP contribution in [0.1, 0.15) is 33.5 Å². The van der Waals surface area contributed by atoms with Crippen molar-refractivity contribution in [3.05, 3.63) is 82.5 Å². The number of hydrogen-bond acceptors (Lipinski definition) is 4. The Morgan fingerprint density at radius 1 is 1.28 bits per heavy atom. The van der Waals surface area contributed by atoms with Crippen LogP contribution in [0.15, 0.2) is 59.3 Å². The number of rotatable bonds is 4. The van der Waals surface area contributed by atoms with Crippen molar-refractivity contribution in [2.75, 3.05) is 5.32 Å². The lowest BCUT2D eigenvalue weighted by molar-refractivity contribution is 0.0714. The van der Waals surface area contributed by atoms with E-state index < -0.39 is 0 Å². The van der Waals surface area contributed by atoms with E-state index in [-0.39, 0.29) is 12.1 Å². The van der Waals surface area contributed by atoms with Gasteiger partial charge in [0.1, 0.15) is 11.9 Å². The number of halogens is 1. The normalized spacial score (nSPS) is 16.2. The lowest BCUT2D eigenvalue weighted by Gasteiger charge is -2.26. The molecule has 0 bridgehead atoms. The fourth-order valence-corrected chi connectivity index (χ4v) is 3.14. The van der Waals surface area contributed by atoms with Crippen LogP contribution in [0, 0.1) is 6.92 Å². The number of hydrogen-bond donors (Lipinski definition) is 1. The molecule has 1 N–H and O–H groups in total. The molecule has 1 aliphatic rings. The van der Waals surface area contributed by atoms with Crippen LogP contribution >= 0.6 is 11.6 Å². The number of amides is 1. The van der Waals surface area contributed by atoms with Crippen molar-refractivity contribution >= 4 is 23.2 Å². The molecule has 1 aromatic carbocycles. The molecule has 1 aliphatic heterocycles. The highest BCUT2D eigenvalue weighted by molar-refractivity contribution is 6.31. The number of pyridine rings is 1. The highest BCUT2D eigenvalue weighted by Gasteiger charge is 2.38. The van der Waals surface area contributed by atoms with Crippen LogP contribution in [0.25, 0.3) is 0 Å². The van der Waals surface area contributed by atoms with Crippen molar-refractivity contribution in [1.82, 2.24) is 9.88 Å². The third kappa shape index (κ3) is 2.87. The number of nitrogens with zero attached hydrogens (tertiary/aromatic N) is 2. The molecular weight excluding hydrogens is 338 g/mol. The molecule has 126 valence electrons. The molecule has 25 heavy (non-hydrogen) atoms. The maximum absolute atomic E-state index is 12.8. The number of aromatic nitrogens is 1. The monoisotopic (exact) mass is 353 g/mol. The molecule has 0 saturated heterocycles. The van der Waals surface area contributed by atoms with Crippen LogP contribution in [0.4, 0.5) is 5.69 Å². The zero-order chi connectivity index (χ0) is 17.4. The topological polar surface area (TPSA) is 58.4 Å². The largest absolute Gasteiger partial charge is 0.467 e. The average Bonchev–Trinajstić information content (AvgIpc) is 3.21. The lowest BCUT2D eigenvalue weighted by Crippen LogP contribution is -2.32. The number of fused-ring (bicyclic) bond motifs is 1. The van der Waals surface area contributed by atoms with Gasteiger partial charge >= 0.3 is 0 Å². The van der Waals surface area contributed by atoms with Crippen LogP contribution in [-0.2, 0) is 6.54 Å². The first-order valence-corrected chi connectivity index (χ1v) is 8.32. The van der Waals surface area contributed by atoms with E-state index in [1.165, 1.54) is 0 Å². The summed E-state index contributed by atoms with van der Waals surface area (Å²) >= 11 is 6.23. The van der Waals surface area contributed by atoms with E-state index >= 15 is 0 Å². The predicted octanol–water partition coefficient (Wildman–Crippen LogP) is 4.40. The summed E-state index contributed by atoms with van der Waals surface area (Å²) < 4.78 is 5.41. The Morgan fingerprint density at radius 2 is 2.16 bits per heavy atom. The zero-order valence-electron chi connectivity index (χ0n) is 13.6. The van der Waals surface area contributed by atoms with E-state index in [2.05, 4.69) is 10.3 Å². The zero-order valence-corrected chi connectivity index (χ0v) is 14.3. The molecule has 0 radical (unpaired) electrons. The summed E-state index contributed by atoms with van der Waals surface area (Å²) in [6, 6.07) is 13.0. The smallest absolute Gasteiger partial charge is 0.258 e. The van der Waals surface area contributed by atoms with Gasteiger partial charge in [0, 0.05) is 16.9 Å². The van der Waals surface area contributed by atoms with Gasteiger partial charge in [-0.25, -0.2) is 0 Å². The molecule has 2 aromatic heterocycles. The maximum Gasteiger partial charge on any atom is 0.258 e. The molecule has 0 unspecified atom stereocenters.